The molecule has 0 aliphatic rings. The molecule has 3 atom stereocenters. The van der Waals surface area contributed by atoms with Crippen molar-refractivity contribution in [3.63, 3.8) is 0 Å². The monoisotopic (exact) mass is 1230 g/mol. The maximum Gasteiger partial charge on any atom is 0.306 e. The Morgan fingerprint density at radius 1 is 0.407 bits per heavy atom. The van der Waals surface area contributed by atoms with Gasteiger partial charge in [-0.1, -0.05) is 347 Å². The van der Waals surface area contributed by atoms with Crippen LogP contribution in [0.3, 0.4) is 0 Å². The predicted molar refractivity (Wildman–Crippen MR) is 372 cm³/mol. The van der Waals surface area contributed by atoms with E-state index < -0.39 is 20.0 Å². The number of nitrogens with zero attached hydrogens (tertiary/aromatic N) is 1. The van der Waals surface area contributed by atoms with Crippen molar-refractivity contribution < 1.29 is 37.3 Å². The Hall–Kier alpha value is -1.77. The van der Waals surface area contributed by atoms with Crippen LogP contribution in [-0.2, 0) is 27.9 Å². The summed E-state index contributed by atoms with van der Waals surface area (Å²) in [6, 6.07) is -0.884. The van der Waals surface area contributed by atoms with Gasteiger partial charge in [0.25, 0.3) is 7.82 Å². The molecule has 10 heteroatoms. The van der Waals surface area contributed by atoms with Gasteiger partial charge in [0.15, 0.2) is 0 Å². The van der Waals surface area contributed by atoms with Crippen LogP contribution < -0.4 is 10.2 Å². The minimum absolute atomic E-state index is 0.0185. The van der Waals surface area contributed by atoms with Gasteiger partial charge >= 0.3 is 5.97 Å². The van der Waals surface area contributed by atoms with Crippen LogP contribution in [0.15, 0.2) is 36.5 Å². The Morgan fingerprint density at radius 2 is 0.709 bits per heavy atom. The summed E-state index contributed by atoms with van der Waals surface area (Å²) in [5.41, 5.74) is 0. The molecule has 0 saturated heterocycles. The summed E-state index contributed by atoms with van der Waals surface area (Å²) >= 11 is 0. The van der Waals surface area contributed by atoms with Gasteiger partial charge in [0.2, 0.25) is 5.91 Å². The number of ether oxygens (including phenoxy) is 1. The molecule has 0 fully saturated rings. The molecule has 0 rings (SSSR count). The lowest BCUT2D eigenvalue weighted by Crippen LogP contribution is -2.47. The van der Waals surface area contributed by atoms with Gasteiger partial charge in [-0.25, -0.2) is 0 Å². The van der Waals surface area contributed by atoms with Crippen LogP contribution in [0.1, 0.15) is 387 Å². The van der Waals surface area contributed by atoms with Crippen molar-refractivity contribution in [2.75, 3.05) is 40.9 Å². The minimum Gasteiger partial charge on any atom is -0.756 e. The van der Waals surface area contributed by atoms with Crippen molar-refractivity contribution in [3.05, 3.63) is 36.5 Å². The number of amides is 1. The summed E-state index contributed by atoms with van der Waals surface area (Å²) in [7, 11) is 1.21. The Labute approximate surface area is 536 Å². The third-order valence-corrected chi connectivity index (χ3v) is 18.3. The molecular weight excluding hydrogens is 1080 g/mol. The zero-order chi connectivity index (χ0) is 62.8. The van der Waals surface area contributed by atoms with Crippen LogP contribution in [0.4, 0.5) is 0 Å². The molecule has 0 heterocycles. The number of quaternary nitrogens is 1. The lowest BCUT2D eigenvalue weighted by atomic mass is 10.0. The first-order valence-electron chi connectivity index (χ1n) is 37.8. The van der Waals surface area contributed by atoms with Gasteiger partial charge in [-0.05, 0) is 63.9 Å². The highest BCUT2D eigenvalue weighted by atomic mass is 31.2. The highest BCUT2D eigenvalue weighted by molar-refractivity contribution is 7.45. The second kappa shape index (κ2) is 66.2. The molecule has 508 valence electrons. The van der Waals surface area contributed by atoms with Gasteiger partial charge in [0.05, 0.1) is 33.8 Å². The summed E-state index contributed by atoms with van der Waals surface area (Å²) in [5, 5.41) is 3.06. The molecule has 0 radical (unpaired) electrons. The van der Waals surface area contributed by atoms with Crippen molar-refractivity contribution in [2.24, 2.45) is 0 Å². The van der Waals surface area contributed by atoms with Crippen LogP contribution in [0.5, 0.6) is 0 Å². The molecule has 0 spiro atoms. The number of allylic oxidation sites excluding steroid dienone is 5. The van der Waals surface area contributed by atoms with E-state index in [1.807, 2.05) is 33.3 Å². The quantitative estimate of drug-likeness (QED) is 0.0212. The number of carbonyl (C=O) groups excluding carboxylic acids is 2. The summed E-state index contributed by atoms with van der Waals surface area (Å²) in [4.78, 5) is 40.2. The summed E-state index contributed by atoms with van der Waals surface area (Å²) in [5.74, 6) is -0.517. The molecule has 0 bridgehead atoms. The number of rotatable bonds is 70. The zero-order valence-electron chi connectivity index (χ0n) is 58.3. The SMILES string of the molecule is CCCCC/C=C\C/C=C\CCCCCCCCCCCCCCCCCCCC(=O)NC(COP(=O)([O-])OCC[N+](C)(C)C)C(/C=C\CCCCCCCCCCCC)OC(=O)CCCCCCCCCCCCCCCCCCCCCCC. The molecular formula is C76H147N2O7P. The number of carbonyl (C=O) groups is 2. The van der Waals surface area contributed by atoms with E-state index in [2.05, 4.69) is 50.4 Å². The smallest absolute Gasteiger partial charge is 0.306 e. The first-order valence-corrected chi connectivity index (χ1v) is 39.3. The molecule has 0 saturated carbocycles. The lowest BCUT2D eigenvalue weighted by molar-refractivity contribution is -0.870. The Bertz CT molecular complexity index is 1560. The average molecular weight is 1230 g/mol. The van der Waals surface area contributed by atoms with Crippen molar-refractivity contribution >= 4 is 19.7 Å². The first-order chi connectivity index (χ1) is 41.9. The number of nitrogens with one attached hydrogen (secondary N) is 1. The summed E-state index contributed by atoms with van der Waals surface area (Å²) in [6.45, 7) is 6.89. The van der Waals surface area contributed by atoms with E-state index in [0.29, 0.717) is 17.4 Å². The maximum absolute atomic E-state index is 13.6. The third kappa shape index (κ3) is 66.6. The van der Waals surface area contributed by atoms with Crippen molar-refractivity contribution in [2.45, 2.75) is 399 Å². The fourth-order valence-electron chi connectivity index (χ4n) is 11.5. The fourth-order valence-corrected chi connectivity index (χ4v) is 12.2. The molecule has 9 nitrogen and oxygen atoms in total. The summed E-state index contributed by atoms with van der Waals surface area (Å²) < 4.78 is 30.5. The Kier molecular flexibility index (Phi) is 64.8. The second-order valence-electron chi connectivity index (χ2n) is 27.2. The third-order valence-electron chi connectivity index (χ3n) is 17.3. The van der Waals surface area contributed by atoms with Crippen molar-refractivity contribution in [3.8, 4) is 0 Å². The molecule has 0 aliphatic heterocycles. The maximum atomic E-state index is 13.6. The van der Waals surface area contributed by atoms with Crippen molar-refractivity contribution in [1.29, 1.82) is 0 Å². The first kappa shape index (κ1) is 84.2. The van der Waals surface area contributed by atoms with E-state index in [4.69, 9.17) is 13.8 Å². The molecule has 3 unspecified atom stereocenters. The van der Waals surface area contributed by atoms with E-state index in [-0.39, 0.29) is 31.5 Å². The largest absolute Gasteiger partial charge is 0.756 e. The van der Waals surface area contributed by atoms with Gasteiger partial charge < -0.3 is 28.5 Å². The number of hydrogen-bond acceptors (Lipinski definition) is 7. The van der Waals surface area contributed by atoms with Crippen LogP contribution in [-0.4, -0.2) is 69.4 Å². The standard InChI is InChI=1S/C76H147N2O7P/c1-7-10-13-16-19-22-25-28-30-32-34-36-37-38-39-40-41-43-44-46-48-50-53-56-59-62-65-68-75(79)77-73(72-84-86(81,82)83-71-70-78(4,5)6)74(67-64-61-58-55-52-27-24-21-18-15-12-9-3)85-76(80)69-66-63-60-57-54-51-49-47-45-42-35-33-31-29-26-23-20-17-14-11-8-2/h19,22,28,30,64,67,73-74H,7-18,20-21,23-27,29,31-63,65-66,68-72H2,1-6H3,(H-,77,79,81,82)/b22-19-,30-28-,67-64-. The van der Waals surface area contributed by atoms with Crippen LogP contribution in [0.2, 0.25) is 0 Å². The van der Waals surface area contributed by atoms with Crippen LogP contribution in [0, 0.1) is 0 Å². The molecule has 0 aromatic rings. The predicted octanol–water partition coefficient (Wildman–Crippen LogP) is 23.6. The Morgan fingerprint density at radius 3 is 1.07 bits per heavy atom. The van der Waals surface area contributed by atoms with Gasteiger partial charge in [-0.15, -0.1) is 0 Å². The number of phosphoric acid groups is 1. The van der Waals surface area contributed by atoms with Gasteiger partial charge in [0.1, 0.15) is 19.3 Å². The molecule has 0 aromatic carbocycles. The van der Waals surface area contributed by atoms with E-state index >= 15 is 0 Å². The average Bonchev–Trinajstić information content (AvgIpc) is 3.67. The van der Waals surface area contributed by atoms with E-state index in [1.165, 1.54) is 289 Å². The number of esters is 1. The van der Waals surface area contributed by atoms with E-state index in [1.54, 1.807) is 0 Å². The normalized spacial score (nSPS) is 13.6. The molecule has 1 amide bonds. The topological polar surface area (TPSA) is 114 Å². The molecule has 0 aromatic heterocycles. The zero-order valence-corrected chi connectivity index (χ0v) is 59.2. The molecule has 86 heavy (non-hydrogen) atoms. The van der Waals surface area contributed by atoms with E-state index in [9.17, 15) is 19.0 Å². The van der Waals surface area contributed by atoms with Crippen molar-refractivity contribution in [1.82, 2.24) is 5.32 Å². The van der Waals surface area contributed by atoms with Gasteiger partial charge in [0, 0.05) is 12.8 Å². The minimum atomic E-state index is -4.70. The summed E-state index contributed by atoms with van der Waals surface area (Å²) in [6.07, 6.45) is 82.8. The van der Waals surface area contributed by atoms with Crippen LogP contribution in [0.25, 0.3) is 0 Å². The lowest BCUT2D eigenvalue weighted by Gasteiger charge is -2.30. The molecule has 1 N–H and O–H groups in total. The Balaban J connectivity index is 4.94. The highest BCUT2D eigenvalue weighted by Crippen LogP contribution is 2.38. The second-order valence-corrected chi connectivity index (χ2v) is 28.6. The molecule has 0 aliphatic carbocycles. The number of likely N-dealkylation sites (N-methyl/N-ethyl adjacent to an activating group) is 1. The number of hydrogen-bond donors (Lipinski definition) is 1. The fraction of sp³-hybridized carbons (Fsp3) is 0.895. The van der Waals surface area contributed by atoms with Gasteiger partial charge in [-0.2, -0.15) is 0 Å². The number of phosphoric ester groups is 1. The number of unbranched alkanes of at least 4 members (excludes halogenated alkanes) is 50. The van der Waals surface area contributed by atoms with E-state index in [0.717, 1.165) is 64.2 Å². The highest BCUT2D eigenvalue weighted by Gasteiger charge is 2.27. The van der Waals surface area contributed by atoms with Gasteiger partial charge in [-0.3, -0.25) is 14.2 Å². The van der Waals surface area contributed by atoms with Crippen LogP contribution >= 0.6 is 7.82 Å².